The van der Waals surface area contributed by atoms with Crippen LogP contribution in [0.1, 0.15) is 168 Å². The van der Waals surface area contributed by atoms with Crippen molar-refractivity contribution in [3.05, 3.63) is 161 Å². The third kappa shape index (κ3) is 21.1. The van der Waals surface area contributed by atoms with Crippen LogP contribution in [0.25, 0.3) is 16.9 Å². The number of benzene rings is 3. The molecule has 0 unspecified atom stereocenters. The van der Waals surface area contributed by atoms with Gasteiger partial charge >= 0.3 is 23.9 Å². The van der Waals surface area contributed by atoms with Crippen molar-refractivity contribution in [3.8, 4) is 17.2 Å². The Labute approximate surface area is 557 Å². The lowest BCUT2D eigenvalue weighted by molar-refractivity contribution is -0.156. The van der Waals surface area contributed by atoms with Crippen LogP contribution >= 0.6 is 11.6 Å². The maximum absolute atomic E-state index is 14.1. The van der Waals surface area contributed by atoms with Crippen LogP contribution in [0.15, 0.2) is 110 Å². The molecule has 0 aliphatic carbocycles. The summed E-state index contributed by atoms with van der Waals surface area (Å²) in [6.45, 7) is 21.3. The van der Waals surface area contributed by atoms with Crippen molar-refractivity contribution in [2.75, 3.05) is 54.8 Å². The molecule has 9 aromatic rings. The molecule has 2 bridgehead atoms. The standard InChI is InChI=1S/C25H31FN4O5.C17H16FN5O2.C17H17FN4O3.C8H15ClO2/c1-6-33-24(32)19-15-27-30-12-11-21(29-23(19)30)28-16(2)18-14-17(26)9-10-20(18)34-13-7-8-22(31)35-25(3,4)5;1-10-12-8-11(18)2-3-14(12)25-7-5-19-17(24)13-9-20-23-6-4-15(21-10)22-16(13)23;1-3-25-17(24)13-9-19-22-7-6-15(21-16(13)22)20-10(2)12-8-11(18)4-5-14(12)23;1-8(2,3)11-7(10)5-4-6-9/h9-12,14-16H,6-8,13H2,1-5H3,(H,28,29);2-4,6,8-10H,5,7H2,1H3,(H,19,24)(H,21,22);4-10,23H,3H2,1-2H3,(H,20,21);4-6H2,1-3H3/t16-;2*10-;/m111./s1. The van der Waals surface area contributed by atoms with Gasteiger partial charge in [-0.3, -0.25) is 14.4 Å². The zero-order valence-electron chi connectivity index (χ0n) is 55.2. The number of alkyl halides is 1. The Kier molecular flexibility index (Phi) is 25.7. The number of carbonyl (C=O) groups is 5. The van der Waals surface area contributed by atoms with Gasteiger partial charge in [-0.15, -0.1) is 11.6 Å². The first-order valence-electron chi connectivity index (χ1n) is 30.9. The second-order valence-corrected chi connectivity index (χ2v) is 23.9. The predicted octanol–water partition coefficient (Wildman–Crippen LogP) is 12.2. The zero-order valence-corrected chi connectivity index (χ0v) is 55.9. The fourth-order valence-electron chi connectivity index (χ4n) is 9.28. The quantitative estimate of drug-likeness (QED) is 0.0231. The van der Waals surface area contributed by atoms with E-state index in [0.29, 0.717) is 99.8 Å². The molecular formula is C67H79ClF3N13O12. The second-order valence-electron chi connectivity index (χ2n) is 23.5. The van der Waals surface area contributed by atoms with Crippen molar-refractivity contribution in [2.45, 2.75) is 131 Å². The summed E-state index contributed by atoms with van der Waals surface area (Å²) in [4.78, 5) is 72.6. The molecule has 0 radical (unpaired) electrons. The van der Waals surface area contributed by atoms with Crippen LogP contribution in [0.5, 0.6) is 17.2 Å². The summed E-state index contributed by atoms with van der Waals surface area (Å²) in [5, 5.41) is 34.5. The number of carbonyl (C=O) groups excluding carboxylic acids is 5. The van der Waals surface area contributed by atoms with E-state index in [1.807, 2.05) is 55.4 Å². The van der Waals surface area contributed by atoms with Gasteiger partial charge in [-0.25, -0.2) is 51.3 Å². The average Bonchev–Trinajstić information content (AvgIpc) is 1.62. The Bertz CT molecular complexity index is 4150. The number of phenols is 1. The highest BCUT2D eigenvalue weighted by atomic mass is 35.5. The van der Waals surface area contributed by atoms with Gasteiger partial charge in [-0.05, 0) is 162 Å². The molecule has 6 aromatic heterocycles. The number of ether oxygens (including phenoxy) is 6. The molecular weight excluding hydrogens is 1270 g/mol. The van der Waals surface area contributed by atoms with Crippen LogP contribution in [0, 0.1) is 17.5 Å². The van der Waals surface area contributed by atoms with Crippen molar-refractivity contribution in [1.29, 1.82) is 0 Å². The number of phenolic OH excluding ortho intramolecular Hbond substituents is 1. The molecule has 3 atom stereocenters. The molecule has 25 nitrogen and oxygen atoms in total. The van der Waals surface area contributed by atoms with Crippen molar-refractivity contribution in [1.82, 2.24) is 49.1 Å². The van der Waals surface area contributed by atoms with E-state index in [-0.39, 0.29) is 91.1 Å². The number of hydrogen-bond acceptors (Lipinski definition) is 21. The highest BCUT2D eigenvalue weighted by molar-refractivity contribution is 6.17. The molecule has 0 saturated carbocycles. The predicted molar refractivity (Wildman–Crippen MR) is 352 cm³/mol. The maximum atomic E-state index is 14.1. The number of nitrogens with one attached hydrogen (secondary N) is 4. The summed E-state index contributed by atoms with van der Waals surface area (Å²) in [6.07, 6.45) is 11.1. The Hall–Kier alpha value is -10.3. The highest BCUT2D eigenvalue weighted by Crippen LogP contribution is 2.32. The van der Waals surface area contributed by atoms with Crippen LogP contribution in [-0.2, 0) is 28.5 Å². The number of aromatic nitrogens is 9. The number of aromatic hydroxyl groups is 1. The van der Waals surface area contributed by atoms with Gasteiger partial charge < -0.3 is 54.8 Å². The monoisotopic (exact) mass is 1350 g/mol. The molecule has 512 valence electrons. The second kappa shape index (κ2) is 33.7. The topological polar surface area (TPSA) is 300 Å². The summed E-state index contributed by atoms with van der Waals surface area (Å²) >= 11 is 5.41. The highest BCUT2D eigenvalue weighted by Gasteiger charge is 2.23. The zero-order chi connectivity index (χ0) is 69.9. The first kappa shape index (κ1) is 73.2. The molecule has 1 aliphatic heterocycles. The molecule has 0 saturated heterocycles. The Balaban J connectivity index is 0.000000191. The molecule has 0 fully saturated rings. The molecule has 5 N–H and O–H groups in total. The molecule has 10 rings (SSSR count). The van der Waals surface area contributed by atoms with Crippen molar-refractivity contribution in [2.24, 2.45) is 0 Å². The van der Waals surface area contributed by atoms with E-state index in [0.717, 1.165) is 0 Å². The Morgan fingerprint density at radius 3 is 1.77 bits per heavy atom. The van der Waals surface area contributed by atoms with Gasteiger partial charge in [0.25, 0.3) is 5.91 Å². The minimum Gasteiger partial charge on any atom is -0.508 e. The van der Waals surface area contributed by atoms with Gasteiger partial charge in [-0.1, -0.05) is 0 Å². The van der Waals surface area contributed by atoms with Crippen LogP contribution in [0.2, 0.25) is 0 Å². The lowest BCUT2D eigenvalue weighted by Crippen LogP contribution is -2.28. The van der Waals surface area contributed by atoms with E-state index in [4.69, 9.17) is 40.0 Å². The Morgan fingerprint density at radius 2 is 1.20 bits per heavy atom. The van der Waals surface area contributed by atoms with Gasteiger partial charge in [0.2, 0.25) is 0 Å². The number of amides is 1. The van der Waals surface area contributed by atoms with Crippen LogP contribution in [-0.4, -0.2) is 129 Å². The van der Waals surface area contributed by atoms with E-state index >= 15 is 0 Å². The number of nitrogens with zero attached hydrogens (tertiary/aromatic N) is 9. The van der Waals surface area contributed by atoms with Crippen molar-refractivity contribution >= 4 is 75.8 Å². The lowest BCUT2D eigenvalue weighted by atomic mass is 10.1. The minimum absolute atomic E-state index is 0.0148. The van der Waals surface area contributed by atoms with E-state index in [1.54, 1.807) is 69.7 Å². The number of anilines is 3. The van der Waals surface area contributed by atoms with E-state index in [2.05, 4.69) is 51.5 Å². The molecule has 29 heteroatoms. The molecule has 0 spiro atoms. The van der Waals surface area contributed by atoms with Crippen LogP contribution in [0.4, 0.5) is 30.6 Å². The summed E-state index contributed by atoms with van der Waals surface area (Å²) in [5.74, 6) is 0.122. The van der Waals surface area contributed by atoms with Crippen LogP contribution < -0.4 is 30.7 Å². The van der Waals surface area contributed by atoms with Gasteiger partial charge in [0.05, 0.1) is 63.1 Å². The molecule has 1 aliphatic rings. The number of hydrogen-bond donors (Lipinski definition) is 5. The fourth-order valence-corrected chi connectivity index (χ4v) is 9.41. The maximum Gasteiger partial charge on any atom is 0.343 e. The molecule has 3 aromatic carbocycles. The van der Waals surface area contributed by atoms with Gasteiger partial charge in [0, 0.05) is 54.0 Å². The smallest absolute Gasteiger partial charge is 0.343 e. The number of esters is 4. The van der Waals surface area contributed by atoms with Gasteiger partial charge in [0.1, 0.15) is 86.7 Å². The summed E-state index contributed by atoms with van der Waals surface area (Å²) in [7, 11) is 0. The largest absolute Gasteiger partial charge is 0.508 e. The third-order valence-electron chi connectivity index (χ3n) is 13.6. The Morgan fingerprint density at radius 1 is 0.688 bits per heavy atom. The first-order chi connectivity index (χ1) is 45.6. The van der Waals surface area contributed by atoms with Crippen molar-refractivity contribution < 1.29 is 70.7 Å². The lowest BCUT2D eigenvalue weighted by Gasteiger charge is -2.20. The third-order valence-corrected chi connectivity index (χ3v) is 13.8. The van der Waals surface area contributed by atoms with E-state index in [1.165, 1.54) is 74.6 Å². The summed E-state index contributed by atoms with van der Waals surface area (Å²) in [5.41, 5.74) is 2.81. The molecule has 96 heavy (non-hydrogen) atoms. The summed E-state index contributed by atoms with van der Waals surface area (Å²) < 4.78 is 77.6. The molecule has 7 heterocycles. The normalized spacial score (nSPS) is 13.5. The number of rotatable bonds is 18. The first-order valence-corrected chi connectivity index (χ1v) is 31.4. The van der Waals surface area contributed by atoms with E-state index in [9.17, 15) is 42.3 Å². The number of halogens is 4. The fraction of sp³-hybridized carbons (Fsp3) is 0.388. The number of fused-ring (bicyclic) bond motifs is 4. The summed E-state index contributed by atoms with van der Waals surface area (Å²) in [6, 6.07) is 16.5. The van der Waals surface area contributed by atoms with Gasteiger partial charge in [0.15, 0.2) is 16.9 Å². The minimum atomic E-state index is -0.534. The SMILES string of the molecule is CC(C)(C)OC(=O)CCCCl.CCOC(=O)c1cnn2ccc(N[C@H](C)c3cc(F)ccc3O)nc12.CCOC(=O)c1cnn2ccc(N[C@H](C)c3cc(F)ccc3OCCCC(=O)OC(C)(C)C)nc12.C[C@H]1Nc2ccn3ncc(c3n2)C(=O)NCCOc2ccc(F)cc21. The average molecular weight is 1350 g/mol. The van der Waals surface area contributed by atoms with Gasteiger partial charge in [-0.2, -0.15) is 15.3 Å². The van der Waals surface area contributed by atoms with E-state index < -0.39 is 35.2 Å². The van der Waals surface area contributed by atoms with Crippen LogP contribution in [0.3, 0.4) is 0 Å². The van der Waals surface area contributed by atoms with Crippen molar-refractivity contribution in [3.63, 3.8) is 0 Å². The molecule has 1 amide bonds.